The molecule has 0 saturated carbocycles. The highest BCUT2D eigenvalue weighted by atomic mass is 35.5. The number of nitriles is 1. The highest BCUT2D eigenvalue weighted by Gasteiger charge is 2.09. The molecule has 0 atom stereocenters. The maximum absolute atomic E-state index is 8.61. The van der Waals surface area contributed by atoms with Crippen molar-refractivity contribution in [2.75, 3.05) is 0 Å². The zero-order valence-corrected chi connectivity index (χ0v) is 9.00. The van der Waals surface area contributed by atoms with Crippen molar-refractivity contribution in [1.82, 2.24) is 0 Å². The average Bonchev–Trinajstić information content (AvgIpc) is 2.09. The van der Waals surface area contributed by atoms with E-state index < -0.39 is 0 Å². The molecule has 0 aliphatic rings. The molecule has 0 saturated heterocycles. The van der Waals surface area contributed by atoms with Crippen LogP contribution in [0, 0.1) is 25.2 Å². The third-order valence-electron chi connectivity index (χ3n) is 2.13. The molecule has 0 spiro atoms. The van der Waals surface area contributed by atoms with Crippen molar-refractivity contribution >= 4 is 23.2 Å². The normalized spacial score (nSPS) is 9.77. The second kappa shape index (κ2) is 4.00. The molecule has 0 aliphatic carbocycles. The quantitative estimate of drug-likeness (QED) is 0.699. The lowest BCUT2D eigenvalue weighted by Gasteiger charge is -2.09. The molecule has 1 rings (SSSR count). The van der Waals surface area contributed by atoms with Gasteiger partial charge in [0.25, 0.3) is 0 Å². The topological polar surface area (TPSA) is 23.8 Å². The molecule has 0 aromatic heterocycles. The zero-order valence-electron chi connectivity index (χ0n) is 7.49. The monoisotopic (exact) mass is 213 g/mol. The molecule has 0 amide bonds. The smallest absolute Gasteiger partial charge is 0.0669 e. The van der Waals surface area contributed by atoms with E-state index in [9.17, 15) is 0 Å². The molecule has 0 radical (unpaired) electrons. The van der Waals surface area contributed by atoms with Gasteiger partial charge in [0, 0.05) is 10.0 Å². The van der Waals surface area contributed by atoms with Gasteiger partial charge in [-0.25, -0.2) is 0 Å². The number of hydrogen-bond acceptors (Lipinski definition) is 1. The van der Waals surface area contributed by atoms with Gasteiger partial charge in [0.15, 0.2) is 0 Å². The van der Waals surface area contributed by atoms with Crippen molar-refractivity contribution in [3.63, 3.8) is 0 Å². The van der Waals surface area contributed by atoms with Crippen LogP contribution in [0.1, 0.15) is 16.7 Å². The molecular formula is C10H9Cl2N. The van der Waals surface area contributed by atoms with E-state index in [1.165, 1.54) is 0 Å². The Morgan fingerprint density at radius 2 is 1.69 bits per heavy atom. The summed E-state index contributed by atoms with van der Waals surface area (Å²) in [5, 5.41) is 9.87. The Morgan fingerprint density at radius 3 is 2.08 bits per heavy atom. The summed E-state index contributed by atoms with van der Waals surface area (Å²) in [4.78, 5) is 0. The predicted molar refractivity (Wildman–Crippen MR) is 55.3 cm³/mol. The fourth-order valence-corrected chi connectivity index (χ4v) is 1.74. The Bertz CT molecular complexity index is 351. The van der Waals surface area contributed by atoms with E-state index in [-0.39, 0.29) is 0 Å². The summed E-state index contributed by atoms with van der Waals surface area (Å²) in [6, 6.07) is 3.82. The van der Waals surface area contributed by atoms with Crippen LogP contribution in [0.3, 0.4) is 0 Å². The van der Waals surface area contributed by atoms with Gasteiger partial charge in [0.1, 0.15) is 0 Å². The van der Waals surface area contributed by atoms with Gasteiger partial charge in [0.2, 0.25) is 0 Å². The molecule has 3 heteroatoms. The highest BCUT2D eigenvalue weighted by Crippen LogP contribution is 2.29. The maximum Gasteiger partial charge on any atom is 0.0669 e. The Morgan fingerprint density at radius 1 is 1.23 bits per heavy atom. The van der Waals surface area contributed by atoms with Gasteiger partial charge < -0.3 is 0 Å². The Balaban J connectivity index is 3.39. The SMILES string of the molecule is Cc1c(Cl)cc(Cl)c(C)c1CC#N. The molecule has 68 valence electrons. The van der Waals surface area contributed by atoms with Crippen LogP contribution in [0.25, 0.3) is 0 Å². The van der Waals surface area contributed by atoms with Crippen molar-refractivity contribution in [3.8, 4) is 6.07 Å². The average molecular weight is 214 g/mol. The van der Waals surface area contributed by atoms with Gasteiger partial charge in [-0.15, -0.1) is 0 Å². The molecule has 1 aromatic rings. The van der Waals surface area contributed by atoms with Crippen molar-refractivity contribution < 1.29 is 0 Å². The largest absolute Gasteiger partial charge is 0.198 e. The molecule has 0 unspecified atom stereocenters. The first-order chi connectivity index (χ1) is 6.07. The van der Waals surface area contributed by atoms with Gasteiger partial charge in [-0.3, -0.25) is 0 Å². The summed E-state index contributed by atoms with van der Waals surface area (Å²) >= 11 is 11.9. The van der Waals surface area contributed by atoms with Crippen molar-refractivity contribution in [1.29, 1.82) is 5.26 Å². The molecule has 0 fully saturated rings. The minimum absolute atomic E-state index is 0.359. The van der Waals surface area contributed by atoms with Gasteiger partial charge in [-0.2, -0.15) is 5.26 Å². The van der Waals surface area contributed by atoms with E-state index in [0.29, 0.717) is 16.5 Å². The van der Waals surface area contributed by atoms with E-state index in [1.54, 1.807) is 6.07 Å². The fraction of sp³-hybridized carbons (Fsp3) is 0.300. The number of benzene rings is 1. The van der Waals surface area contributed by atoms with E-state index in [2.05, 4.69) is 6.07 Å². The first-order valence-electron chi connectivity index (χ1n) is 3.89. The molecule has 1 nitrogen and oxygen atoms in total. The summed E-state index contributed by atoms with van der Waals surface area (Å²) < 4.78 is 0. The summed E-state index contributed by atoms with van der Waals surface area (Å²) in [6.07, 6.45) is 0.359. The van der Waals surface area contributed by atoms with Gasteiger partial charge in [-0.05, 0) is 36.6 Å². The maximum atomic E-state index is 8.61. The summed E-state index contributed by atoms with van der Waals surface area (Å²) in [5.41, 5.74) is 2.84. The second-order valence-electron chi connectivity index (χ2n) is 2.90. The van der Waals surface area contributed by atoms with E-state index in [4.69, 9.17) is 28.5 Å². The van der Waals surface area contributed by atoms with Crippen molar-refractivity contribution in [2.24, 2.45) is 0 Å². The second-order valence-corrected chi connectivity index (χ2v) is 3.72. The van der Waals surface area contributed by atoms with E-state index in [0.717, 1.165) is 16.7 Å². The summed E-state index contributed by atoms with van der Waals surface area (Å²) in [7, 11) is 0. The minimum Gasteiger partial charge on any atom is -0.198 e. The number of hydrogen-bond donors (Lipinski definition) is 0. The first-order valence-corrected chi connectivity index (χ1v) is 4.64. The van der Waals surface area contributed by atoms with Gasteiger partial charge in [-0.1, -0.05) is 23.2 Å². The van der Waals surface area contributed by atoms with Crippen LogP contribution in [0.2, 0.25) is 10.0 Å². The van der Waals surface area contributed by atoms with E-state index in [1.807, 2.05) is 13.8 Å². The molecule has 0 heterocycles. The number of rotatable bonds is 1. The Kier molecular flexibility index (Phi) is 3.19. The standard InChI is InChI=1S/C10H9Cl2N/c1-6-8(3-4-13)7(2)10(12)5-9(6)11/h5H,3H2,1-2H3. The van der Waals surface area contributed by atoms with Crippen molar-refractivity contribution in [3.05, 3.63) is 32.8 Å². The van der Waals surface area contributed by atoms with Crippen LogP contribution in [0.4, 0.5) is 0 Å². The van der Waals surface area contributed by atoms with Crippen LogP contribution < -0.4 is 0 Å². The predicted octanol–water partition coefficient (Wildman–Crippen LogP) is 3.68. The molecule has 1 aromatic carbocycles. The van der Waals surface area contributed by atoms with Crippen LogP contribution in [0.5, 0.6) is 0 Å². The van der Waals surface area contributed by atoms with Gasteiger partial charge >= 0.3 is 0 Å². The Hall–Kier alpha value is -0.710. The molecule has 0 N–H and O–H groups in total. The minimum atomic E-state index is 0.359. The highest BCUT2D eigenvalue weighted by molar-refractivity contribution is 6.35. The molecule has 0 aliphatic heterocycles. The van der Waals surface area contributed by atoms with Crippen LogP contribution in [-0.4, -0.2) is 0 Å². The van der Waals surface area contributed by atoms with E-state index >= 15 is 0 Å². The molecular weight excluding hydrogens is 205 g/mol. The van der Waals surface area contributed by atoms with Crippen LogP contribution in [-0.2, 0) is 6.42 Å². The number of nitrogens with zero attached hydrogens (tertiary/aromatic N) is 1. The van der Waals surface area contributed by atoms with Crippen LogP contribution in [0.15, 0.2) is 6.07 Å². The third-order valence-corrected chi connectivity index (χ3v) is 2.92. The lowest BCUT2D eigenvalue weighted by atomic mass is 10.0. The lowest BCUT2D eigenvalue weighted by Crippen LogP contribution is -1.94. The number of halogens is 2. The lowest BCUT2D eigenvalue weighted by molar-refractivity contribution is 1.17. The molecule has 0 bridgehead atoms. The fourth-order valence-electron chi connectivity index (χ4n) is 1.24. The third kappa shape index (κ3) is 1.96. The van der Waals surface area contributed by atoms with Gasteiger partial charge in [0.05, 0.1) is 12.5 Å². The Labute approximate surface area is 87.9 Å². The first kappa shape index (κ1) is 10.4. The summed E-state index contributed by atoms with van der Waals surface area (Å²) in [6.45, 7) is 3.80. The zero-order chi connectivity index (χ0) is 10.0. The molecule has 13 heavy (non-hydrogen) atoms. The van der Waals surface area contributed by atoms with Crippen LogP contribution >= 0.6 is 23.2 Å². The summed E-state index contributed by atoms with van der Waals surface area (Å²) in [5.74, 6) is 0. The van der Waals surface area contributed by atoms with Crippen molar-refractivity contribution in [2.45, 2.75) is 20.3 Å².